The molecule has 0 radical (unpaired) electrons. The van der Waals surface area contributed by atoms with Gasteiger partial charge in [-0.25, -0.2) is 16.8 Å². The molecule has 1 rings (SSSR count). The minimum Gasteiger partial charge on any atom is -0.741 e. The van der Waals surface area contributed by atoms with Gasteiger partial charge in [-0.2, -0.15) is 26.3 Å². The van der Waals surface area contributed by atoms with Crippen molar-refractivity contribution in [3.05, 3.63) is 12.2 Å². The first-order valence-corrected chi connectivity index (χ1v) is 7.01. The minimum atomic E-state index is -6.09. The van der Waals surface area contributed by atoms with E-state index in [1.54, 1.807) is 6.21 Å². The van der Waals surface area contributed by atoms with Gasteiger partial charge in [0.05, 0.1) is 6.54 Å². The number of hydrogen-bond acceptors (Lipinski definition) is 12. The maximum atomic E-state index is 10.7. The maximum absolute atomic E-state index is 10.7. The Balaban J connectivity index is -0.0000000305. The molecule has 27 heavy (non-hydrogen) atoms. The fourth-order valence-electron chi connectivity index (χ4n) is 0.304. The predicted octanol–water partition coefficient (Wildman–Crippen LogP) is 1.54. The molecule has 1 heterocycles. The zero-order chi connectivity index (χ0) is 17.5. The number of aliphatic imine (C=N–C) groups is 1. The van der Waals surface area contributed by atoms with Crippen LogP contribution in [0, 0.1) is 0 Å². The molecule has 0 aliphatic carbocycles. The second-order valence-corrected chi connectivity index (χ2v) is 5.48. The molecule has 1 aliphatic rings. The summed E-state index contributed by atoms with van der Waals surface area (Å²) in [5.74, 6) is 0. The number of alkyl halides is 6. The third-order valence-corrected chi connectivity index (χ3v) is 2.24. The zero-order valence-electron chi connectivity index (χ0n) is 13.3. The average Bonchev–Trinajstić information content (AvgIpc) is 2.68. The number of halogens is 6. The van der Waals surface area contributed by atoms with Gasteiger partial charge >= 0.3 is 30.8 Å². The molecule has 0 aromatic heterocycles. The Hall–Kier alpha value is -0.754. The van der Waals surface area contributed by atoms with Crippen molar-refractivity contribution >= 4 is 26.5 Å². The van der Waals surface area contributed by atoms with E-state index in [9.17, 15) is 26.3 Å². The molecule has 0 atom stereocenters. The summed E-state index contributed by atoms with van der Waals surface area (Å²) in [5, 5.41) is 0. The van der Waals surface area contributed by atoms with Gasteiger partial charge in [-0.05, 0) is 6.08 Å². The molecule has 0 amide bonds. The number of allylic oxidation sites excluding steroid dienone is 1. The van der Waals surface area contributed by atoms with Crippen molar-refractivity contribution in [1.82, 2.24) is 30.8 Å². The topological polar surface area (TPSA) is 302 Å². The van der Waals surface area contributed by atoms with Gasteiger partial charge in [-0.1, -0.05) is 6.08 Å². The monoisotopic (exact) mass is 642 g/mol. The summed E-state index contributed by atoms with van der Waals surface area (Å²) < 4.78 is 118. The van der Waals surface area contributed by atoms with Crippen LogP contribution in [0.5, 0.6) is 0 Å². The smallest absolute Gasteiger partial charge is 0.741 e. The van der Waals surface area contributed by atoms with E-state index in [0.29, 0.717) is 0 Å². The van der Waals surface area contributed by atoms with Crippen molar-refractivity contribution < 1.29 is 72.1 Å². The second-order valence-electron chi connectivity index (χ2n) is 2.74. The van der Waals surface area contributed by atoms with E-state index in [2.05, 4.69) is 4.99 Å². The fraction of sp³-hybridized carbons (Fsp3) is 0.500. The normalized spacial score (nSPS) is 11.6. The first-order valence-electron chi connectivity index (χ1n) is 4.19. The van der Waals surface area contributed by atoms with Crippen molar-refractivity contribution in [2.24, 2.45) is 4.99 Å². The molecule has 0 saturated carbocycles. The fourth-order valence-corrected chi connectivity index (χ4v) is 0.304. The van der Waals surface area contributed by atoms with E-state index in [0.717, 1.165) is 6.54 Å². The van der Waals surface area contributed by atoms with Crippen molar-refractivity contribution in [2.75, 3.05) is 6.54 Å². The molecule has 0 unspecified atom stereocenters. The van der Waals surface area contributed by atoms with Gasteiger partial charge < -0.3 is 39.9 Å². The molecule has 0 bridgehead atoms. The van der Waals surface area contributed by atoms with Gasteiger partial charge in [0.1, 0.15) is 0 Å². The third kappa shape index (κ3) is 27.6. The predicted molar refractivity (Wildman–Crippen MR) is 79.1 cm³/mol. The molecule has 0 aromatic rings. The first-order chi connectivity index (χ1) is 9.00. The van der Waals surface area contributed by atoms with Crippen LogP contribution < -0.4 is 30.8 Å². The maximum Gasteiger partial charge on any atom is 2.00 e. The van der Waals surface area contributed by atoms with Crippen LogP contribution in [0.15, 0.2) is 17.1 Å². The van der Waals surface area contributed by atoms with Crippen molar-refractivity contribution in [3.8, 4) is 0 Å². The summed E-state index contributed by atoms with van der Waals surface area (Å²) in [5.41, 5.74) is -11.3. The Morgan fingerprint density at radius 3 is 1.00 bits per heavy atom. The molecular weight excluding hydrogens is 620 g/mol. The molecule has 0 fully saturated rings. The second kappa shape index (κ2) is 18.6. The average molecular weight is 641 g/mol. The van der Waals surface area contributed by atoms with Crippen LogP contribution in [0.25, 0.3) is 0 Å². The van der Waals surface area contributed by atoms with Gasteiger partial charge in [0, 0.05) is 6.21 Å². The van der Waals surface area contributed by atoms with E-state index >= 15 is 0 Å². The molecule has 1 aliphatic heterocycles. The van der Waals surface area contributed by atoms with Crippen molar-refractivity contribution in [3.63, 3.8) is 0 Å². The van der Waals surface area contributed by atoms with Crippen molar-refractivity contribution in [2.45, 2.75) is 11.0 Å². The van der Waals surface area contributed by atoms with Crippen LogP contribution in [0.2, 0.25) is 0 Å². The van der Waals surface area contributed by atoms with Crippen molar-refractivity contribution in [1.29, 1.82) is 0 Å². The Bertz CT molecular complexity index is 540. The molecule has 0 aromatic carbocycles. The van der Waals surface area contributed by atoms with Crippen LogP contribution in [-0.4, -0.2) is 49.7 Å². The van der Waals surface area contributed by atoms with Gasteiger partial charge in [0.2, 0.25) is 0 Å². The number of hydrogen-bond donors (Lipinski definition) is 5. The molecule has 172 valence electrons. The van der Waals surface area contributed by atoms with Gasteiger partial charge in [0.25, 0.3) is 0 Å². The summed E-state index contributed by atoms with van der Waals surface area (Å²) in [7, 11) is -12.2. The quantitative estimate of drug-likeness (QED) is 0.144. The minimum absolute atomic E-state index is 0. The van der Waals surface area contributed by atoms with E-state index < -0.39 is 31.3 Å². The van der Waals surface area contributed by atoms with E-state index in [1.807, 2.05) is 12.2 Å². The molecule has 12 nitrogen and oxygen atoms in total. The molecule has 0 spiro atoms. The van der Waals surface area contributed by atoms with Gasteiger partial charge in [-0.3, -0.25) is 4.99 Å². The standard InChI is InChI=1S/C4H5N.2CHF3O3S.5H3N.Os/c1-2-4-5-3-1;2*2-1(3,4)8(5,6)7;;;;;;/h1-3H,4H2;2*(H,5,6,7);5*1H3;/q;;;;;;;;+2/p-2. The first kappa shape index (κ1) is 50.2. The van der Waals surface area contributed by atoms with Crippen LogP contribution in [-0.2, 0) is 40.0 Å². The van der Waals surface area contributed by atoms with E-state index in [4.69, 9.17) is 25.9 Å². The summed E-state index contributed by atoms with van der Waals surface area (Å²) in [4.78, 5) is 3.85. The Kier molecular flexibility index (Phi) is 34.6. The van der Waals surface area contributed by atoms with Crippen LogP contribution >= 0.6 is 0 Å². The Morgan fingerprint density at radius 2 is 0.963 bits per heavy atom. The summed E-state index contributed by atoms with van der Waals surface area (Å²) >= 11 is 0. The Morgan fingerprint density at radius 1 is 0.741 bits per heavy atom. The van der Waals surface area contributed by atoms with E-state index in [1.165, 1.54) is 0 Å². The third-order valence-electron chi connectivity index (χ3n) is 1.11. The SMILES string of the molecule is C1=CCN=C1.N.N.N.N.N.O=S(=O)([O-])C(F)(F)F.O=S(=O)([O-])C(F)(F)F.[Os+2]. The molecule has 0 saturated heterocycles. The summed E-state index contributed by atoms with van der Waals surface area (Å²) in [6.45, 7) is 0.889. The van der Waals surface area contributed by atoms with Crippen LogP contribution in [0.3, 0.4) is 0 Å². The number of rotatable bonds is 0. The summed E-state index contributed by atoms with van der Waals surface area (Å²) in [6, 6.07) is 0. The van der Waals surface area contributed by atoms with Gasteiger partial charge in [-0.15, -0.1) is 0 Å². The molecular formula is C6H20F6N6O6OsS2. The number of nitrogens with zero attached hydrogens (tertiary/aromatic N) is 1. The van der Waals surface area contributed by atoms with Crippen LogP contribution in [0.1, 0.15) is 0 Å². The largest absolute Gasteiger partial charge is 2.00 e. The zero-order valence-corrected chi connectivity index (χ0v) is 17.5. The van der Waals surface area contributed by atoms with E-state index in [-0.39, 0.29) is 50.5 Å². The molecule has 21 heteroatoms. The van der Waals surface area contributed by atoms with Crippen LogP contribution in [0.4, 0.5) is 26.3 Å². The summed E-state index contributed by atoms with van der Waals surface area (Å²) in [6.07, 6.45) is 5.76. The van der Waals surface area contributed by atoms with Gasteiger partial charge in [0.15, 0.2) is 20.2 Å². The Labute approximate surface area is 164 Å². The molecule has 15 N–H and O–H groups in total.